The van der Waals surface area contributed by atoms with E-state index in [-0.39, 0.29) is 17.0 Å². The fourth-order valence-electron chi connectivity index (χ4n) is 2.46. The van der Waals surface area contributed by atoms with E-state index in [9.17, 15) is 9.18 Å². The van der Waals surface area contributed by atoms with Crippen molar-refractivity contribution in [3.8, 4) is 5.75 Å². The lowest BCUT2D eigenvalue weighted by atomic mass is 10.1. The molecule has 27 heavy (non-hydrogen) atoms. The number of rotatable bonds is 5. The molecule has 1 unspecified atom stereocenters. The first-order valence-corrected chi connectivity index (χ1v) is 9.99. The average molecular weight is 422 g/mol. The van der Waals surface area contributed by atoms with Crippen LogP contribution in [0, 0.1) is 5.82 Å². The van der Waals surface area contributed by atoms with Crippen LogP contribution >= 0.6 is 35.6 Å². The van der Waals surface area contributed by atoms with Crippen LogP contribution in [-0.4, -0.2) is 16.3 Å². The molecule has 2 aromatic rings. The number of carbonyl (C=O) groups is 1. The van der Waals surface area contributed by atoms with Crippen LogP contribution in [0.25, 0.3) is 6.08 Å². The molecule has 0 spiro atoms. The highest BCUT2D eigenvalue weighted by Crippen LogP contribution is 2.38. The Labute approximate surface area is 172 Å². The number of nitrogens with zero attached hydrogens (tertiary/aromatic N) is 1. The Bertz CT molecular complexity index is 932. The van der Waals surface area contributed by atoms with Crippen molar-refractivity contribution in [1.82, 2.24) is 0 Å². The van der Waals surface area contributed by atoms with Crippen molar-refractivity contribution >= 4 is 57.6 Å². The molecule has 1 amide bonds. The lowest BCUT2D eigenvalue weighted by Gasteiger charge is -2.15. The molecule has 0 aromatic heterocycles. The van der Waals surface area contributed by atoms with Crippen LogP contribution in [0.15, 0.2) is 47.4 Å². The zero-order valence-electron chi connectivity index (χ0n) is 14.7. The van der Waals surface area contributed by atoms with E-state index in [2.05, 4.69) is 0 Å². The fraction of sp³-hybridized carbons (Fsp3) is 0.200. The summed E-state index contributed by atoms with van der Waals surface area (Å²) >= 11 is 12.4. The van der Waals surface area contributed by atoms with Gasteiger partial charge in [0.2, 0.25) is 0 Å². The van der Waals surface area contributed by atoms with Crippen LogP contribution < -0.4 is 9.64 Å². The molecule has 7 heteroatoms. The summed E-state index contributed by atoms with van der Waals surface area (Å²) in [6, 6.07) is 11.6. The molecule has 3 rings (SSSR count). The van der Waals surface area contributed by atoms with Crippen LogP contribution in [0.4, 0.5) is 10.1 Å². The third-order valence-corrected chi connectivity index (χ3v) is 5.66. The monoisotopic (exact) mass is 421 g/mol. The Morgan fingerprint density at radius 1 is 1.33 bits per heavy atom. The first kappa shape index (κ1) is 19.9. The SMILES string of the molecule is CCC(C)Oc1ccccc1/C=C1/SC(=S)N(c2ccc(F)c(Cl)c2)C1=O. The summed E-state index contributed by atoms with van der Waals surface area (Å²) in [6.45, 7) is 4.04. The average Bonchev–Trinajstić information content (AvgIpc) is 2.92. The molecule has 1 fully saturated rings. The second kappa shape index (κ2) is 8.42. The van der Waals surface area contributed by atoms with Crippen molar-refractivity contribution in [2.75, 3.05) is 4.90 Å². The van der Waals surface area contributed by atoms with Crippen molar-refractivity contribution in [1.29, 1.82) is 0 Å². The molecule has 1 saturated heterocycles. The maximum Gasteiger partial charge on any atom is 0.270 e. The number of anilines is 1. The Balaban J connectivity index is 1.92. The van der Waals surface area contributed by atoms with Crippen molar-refractivity contribution in [2.24, 2.45) is 0 Å². The quantitative estimate of drug-likeness (QED) is 0.433. The minimum absolute atomic E-state index is 0.0576. The maximum absolute atomic E-state index is 13.4. The second-order valence-corrected chi connectivity index (χ2v) is 8.07. The van der Waals surface area contributed by atoms with Crippen molar-refractivity contribution in [2.45, 2.75) is 26.4 Å². The molecule has 1 heterocycles. The van der Waals surface area contributed by atoms with Crippen LogP contribution in [-0.2, 0) is 4.79 Å². The molecule has 0 N–H and O–H groups in total. The molecule has 2 aromatic carbocycles. The Kier molecular flexibility index (Phi) is 6.19. The molecule has 1 aliphatic heterocycles. The number of carbonyl (C=O) groups excluding carboxylic acids is 1. The number of para-hydroxylation sites is 1. The van der Waals surface area contributed by atoms with Gasteiger partial charge in [0.15, 0.2) is 4.32 Å². The van der Waals surface area contributed by atoms with E-state index in [0.29, 0.717) is 20.7 Å². The normalized spacial score (nSPS) is 16.9. The first-order valence-electron chi connectivity index (χ1n) is 8.39. The fourth-order valence-corrected chi connectivity index (χ4v) is 3.93. The molecule has 3 nitrogen and oxygen atoms in total. The van der Waals surface area contributed by atoms with E-state index in [4.69, 9.17) is 28.6 Å². The van der Waals surface area contributed by atoms with Gasteiger partial charge < -0.3 is 4.74 Å². The van der Waals surface area contributed by atoms with Crippen LogP contribution in [0.5, 0.6) is 5.75 Å². The predicted molar refractivity (Wildman–Crippen MR) is 114 cm³/mol. The summed E-state index contributed by atoms with van der Waals surface area (Å²) in [5.74, 6) is -0.106. The van der Waals surface area contributed by atoms with E-state index in [0.717, 1.165) is 12.0 Å². The van der Waals surface area contributed by atoms with Crippen molar-refractivity contribution < 1.29 is 13.9 Å². The van der Waals surface area contributed by atoms with Gasteiger partial charge in [0.1, 0.15) is 11.6 Å². The summed E-state index contributed by atoms with van der Waals surface area (Å²) < 4.78 is 19.7. The lowest BCUT2D eigenvalue weighted by Crippen LogP contribution is -2.27. The number of amides is 1. The molecule has 0 aliphatic carbocycles. The summed E-state index contributed by atoms with van der Waals surface area (Å²) in [5, 5.41) is -0.0576. The Morgan fingerprint density at radius 2 is 2.07 bits per heavy atom. The number of hydrogen-bond donors (Lipinski definition) is 0. The van der Waals surface area contributed by atoms with Gasteiger partial charge in [0.05, 0.1) is 21.7 Å². The molecule has 0 radical (unpaired) electrons. The molecule has 0 bridgehead atoms. The number of thiocarbonyl (C=S) groups is 1. The molecule has 0 saturated carbocycles. The predicted octanol–water partition coefficient (Wildman–Crippen LogP) is 6.06. The zero-order chi connectivity index (χ0) is 19.6. The van der Waals surface area contributed by atoms with E-state index < -0.39 is 5.82 Å². The van der Waals surface area contributed by atoms with Gasteiger partial charge in [0.25, 0.3) is 5.91 Å². The summed E-state index contributed by atoms with van der Waals surface area (Å²) in [4.78, 5) is 14.7. The summed E-state index contributed by atoms with van der Waals surface area (Å²) in [5.41, 5.74) is 1.24. The lowest BCUT2D eigenvalue weighted by molar-refractivity contribution is -0.113. The summed E-state index contributed by atoms with van der Waals surface area (Å²) in [6.07, 6.45) is 2.71. The molecule has 1 aliphatic rings. The Morgan fingerprint density at radius 3 is 2.78 bits per heavy atom. The topological polar surface area (TPSA) is 29.5 Å². The van der Waals surface area contributed by atoms with Gasteiger partial charge in [-0.1, -0.05) is 60.7 Å². The number of hydrogen-bond acceptors (Lipinski definition) is 4. The van der Waals surface area contributed by atoms with Crippen molar-refractivity contribution in [3.05, 3.63) is 63.8 Å². The van der Waals surface area contributed by atoms with Gasteiger partial charge in [-0.05, 0) is 43.7 Å². The summed E-state index contributed by atoms with van der Waals surface area (Å²) in [7, 11) is 0. The van der Waals surface area contributed by atoms with E-state index in [1.165, 1.54) is 34.9 Å². The molecular formula is C20H17ClFNO2S2. The van der Waals surface area contributed by atoms with Gasteiger partial charge in [-0.2, -0.15) is 0 Å². The third kappa shape index (κ3) is 4.34. The van der Waals surface area contributed by atoms with Crippen LogP contribution in [0.2, 0.25) is 5.02 Å². The first-order chi connectivity index (χ1) is 12.9. The highest BCUT2D eigenvalue weighted by atomic mass is 35.5. The number of halogens is 2. The van der Waals surface area contributed by atoms with Crippen molar-refractivity contribution in [3.63, 3.8) is 0 Å². The minimum Gasteiger partial charge on any atom is -0.490 e. The number of benzene rings is 2. The van der Waals surface area contributed by atoms with Gasteiger partial charge >= 0.3 is 0 Å². The standard InChI is InChI=1S/C20H17ClFNO2S2/c1-3-12(2)25-17-7-5-4-6-13(17)10-18-19(24)23(20(26)27-18)14-8-9-16(22)15(21)11-14/h4-12H,3H2,1-2H3/b18-10+. The molecular weight excluding hydrogens is 405 g/mol. The van der Waals surface area contributed by atoms with E-state index in [1.54, 1.807) is 6.08 Å². The minimum atomic E-state index is -0.544. The second-order valence-electron chi connectivity index (χ2n) is 5.99. The Hall–Kier alpha value is -1.89. The van der Waals surface area contributed by atoms with Gasteiger partial charge in [-0.3, -0.25) is 9.69 Å². The van der Waals surface area contributed by atoms with E-state index >= 15 is 0 Å². The van der Waals surface area contributed by atoms with Crippen LogP contribution in [0.1, 0.15) is 25.8 Å². The third-order valence-electron chi connectivity index (χ3n) is 4.06. The maximum atomic E-state index is 13.4. The smallest absolute Gasteiger partial charge is 0.270 e. The highest BCUT2D eigenvalue weighted by Gasteiger charge is 2.33. The van der Waals surface area contributed by atoms with E-state index in [1.807, 2.05) is 38.1 Å². The van der Waals surface area contributed by atoms with Gasteiger partial charge in [-0.25, -0.2) is 4.39 Å². The number of ether oxygens (including phenoxy) is 1. The van der Waals surface area contributed by atoms with Gasteiger partial charge in [0, 0.05) is 5.56 Å². The largest absolute Gasteiger partial charge is 0.490 e. The zero-order valence-corrected chi connectivity index (χ0v) is 17.1. The van der Waals surface area contributed by atoms with Gasteiger partial charge in [-0.15, -0.1) is 0 Å². The molecule has 1 atom stereocenters. The highest BCUT2D eigenvalue weighted by molar-refractivity contribution is 8.27. The molecule has 140 valence electrons. The van der Waals surface area contributed by atoms with Crippen LogP contribution in [0.3, 0.4) is 0 Å². The number of thioether (sulfide) groups is 1.